The standard InChI is InChI=1S/C26H28F3N3O7S/c1-36-19-8-9-20(22(14-19)37-2)24(35)31-25-32(12-3-10-30-11-13-38-15-23(33)34)21(16-40-25)17-4-6-18(7-5-17)39-26(27,28)29/h4-9,14,16,30H,3,10-13,15H2,1-2H3,(H,33,34). The Labute approximate surface area is 231 Å². The van der Waals surface area contributed by atoms with Crippen LogP contribution < -0.4 is 24.3 Å². The number of rotatable bonds is 14. The predicted octanol–water partition coefficient (Wildman–Crippen LogP) is 3.95. The highest BCUT2D eigenvalue weighted by atomic mass is 32.1. The number of carbonyl (C=O) groups excluding carboxylic acids is 1. The number of benzene rings is 2. The minimum absolute atomic E-state index is 0.230. The van der Waals surface area contributed by atoms with Crippen molar-refractivity contribution in [2.75, 3.05) is 40.5 Å². The van der Waals surface area contributed by atoms with Gasteiger partial charge in [-0.2, -0.15) is 4.99 Å². The Morgan fingerprint density at radius 3 is 2.42 bits per heavy atom. The fourth-order valence-electron chi connectivity index (χ4n) is 3.61. The Morgan fingerprint density at radius 2 is 1.77 bits per heavy atom. The third-order valence-corrected chi connectivity index (χ3v) is 6.27. The maximum Gasteiger partial charge on any atom is 0.573 e. The van der Waals surface area contributed by atoms with E-state index < -0.39 is 18.2 Å². The molecule has 0 aliphatic heterocycles. The molecular weight excluding hydrogens is 555 g/mol. The van der Waals surface area contributed by atoms with E-state index in [4.69, 9.17) is 19.3 Å². The zero-order chi connectivity index (χ0) is 29.1. The molecule has 216 valence electrons. The number of alkyl halides is 3. The van der Waals surface area contributed by atoms with Gasteiger partial charge in [0.25, 0.3) is 5.91 Å². The van der Waals surface area contributed by atoms with Crippen molar-refractivity contribution in [3.05, 3.63) is 58.2 Å². The number of nitrogens with zero attached hydrogens (tertiary/aromatic N) is 2. The van der Waals surface area contributed by atoms with E-state index in [2.05, 4.69) is 15.0 Å². The third-order valence-electron chi connectivity index (χ3n) is 5.40. The molecule has 10 nitrogen and oxygen atoms in total. The van der Waals surface area contributed by atoms with E-state index in [0.29, 0.717) is 53.6 Å². The molecule has 0 unspecified atom stereocenters. The van der Waals surface area contributed by atoms with E-state index in [1.54, 1.807) is 28.1 Å². The number of ether oxygens (including phenoxy) is 4. The van der Waals surface area contributed by atoms with Crippen molar-refractivity contribution in [2.24, 2.45) is 4.99 Å². The van der Waals surface area contributed by atoms with E-state index in [-0.39, 0.29) is 24.5 Å². The zero-order valence-corrected chi connectivity index (χ0v) is 22.5. The summed E-state index contributed by atoms with van der Waals surface area (Å²) in [6, 6.07) is 10.2. The first-order valence-corrected chi connectivity index (χ1v) is 12.8. The number of carbonyl (C=O) groups is 2. The number of hydrogen-bond acceptors (Lipinski definition) is 8. The lowest BCUT2D eigenvalue weighted by molar-refractivity contribution is -0.274. The first-order valence-electron chi connectivity index (χ1n) is 12.0. The highest BCUT2D eigenvalue weighted by molar-refractivity contribution is 7.07. The number of halogens is 3. The predicted molar refractivity (Wildman–Crippen MR) is 140 cm³/mol. The average molecular weight is 584 g/mol. The van der Waals surface area contributed by atoms with E-state index >= 15 is 0 Å². The van der Waals surface area contributed by atoms with Gasteiger partial charge in [0.1, 0.15) is 23.9 Å². The number of thiazole rings is 1. The van der Waals surface area contributed by atoms with E-state index in [1.807, 2.05) is 0 Å². The Bertz CT molecular complexity index is 1350. The molecule has 3 aromatic rings. The minimum Gasteiger partial charge on any atom is -0.497 e. The molecule has 2 aromatic carbocycles. The fraction of sp³-hybridized carbons (Fsp3) is 0.346. The van der Waals surface area contributed by atoms with Gasteiger partial charge in [-0.1, -0.05) is 0 Å². The number of hydrogen-bond donors (Lipinski definition) is 2. The normalized spacial score (nSPS) is 11.9. The van der Waals surface area contributed by atoms with Crippen molar-refractivity contribution in [1.82, 2.24) is 9.88 Å². The lowest BCUT2D eigenvalue weighted by atomic mass is 10.1. The second-order valence-corrected chi connectivity index (χ2v) is 9.00. The maximum atomic E-state index is 13.1. The molecule has 1 amide bonds. The molecule has 0 saturated carbocycles. The molecule has 1 aromatic heterocycles. The second-order valence-electron chi connectivity index (χ2n) is 8.16. The van der Waals surface area contributed by atoms with Gasteiger partial charge in [0.05, 0.1) is 32.1 Å². The van der Waals surface area contributed by atoms with E-state index in [0.717, 1.165) is 0 Å². The van der Waals surface area contributed by atoms with Crippen molar-refractivity contribution in [2.45, 2.75) is 19.3 Å². The SMILES string of the molecule is COc1ccc(C(=O)N=c2scc(-c3ccc(OC(F)(F)F)cc3)n2CCCNCCOCC(=O)O)c(OC)c1. The van der Waals surface area contributed by atoms with Crippen LogP contribution in [0, 0.1) is 0 Å². The lowest BCUT2D eigenvalue weighted by Crippen LogP contribution is -2.25. The van der Waals surface area contributed by atoms with Crippen LogP contribution in [0.4, 0.5) is 13.2 Å². The summed E-state index contributed by atoms with van der Waals surface area (Å²) in [5.41, 5.74) is 1.50. The van der Waals surface area contributed by atoms with Crippen LogP contribution in [0.15, 0.2) is 52.8 Å². The number of amides is 1. The maximum absolute atomic E-state index is 13.1. The molecule has 3 rings (SSSR count). The Hall–Kier alpha value is -3.88. The molecule has 0 atom stereocenters. The molecule has 2 N–H and O–H groups in total. The molecule has 0 spiro atoms. The quantitative estimate of drug-likeness (QED) is 0.274. The van der Waals surface area contributed by atoms with E-state index in [1.165, 1.54) is 49.8 Å². The number of methoxy groups -OCH3 is 2. The van der Waals surface area contributed by atoms with Crippen molar-refractivity contribution in [3.63, 3.8) is 0 Å². The van der Waals surface area contributed by atoms with Gasteiger partial charge in [0.15, 0.2) is 4.80 Å². The molecule has 0 saturated heterocycles. The number of aromatic nitrogens is 1. The summed E-state index contributed by atoms with van der Waals surface area (Å²) >= 11 is 1.21. The van der Waals surface area contributed by atoms with E-state index in [9.17, 15) is 22.8 Å². The van der Waals surface area contributed by atoms with Crippen LogP contribution in [-0.2, 0) is 16.1 Å². The summed E-state index contributed by atoms with van der Waals surface area (Å²) in [7, 11) is 2.93. The average Bonchev–Trinajstić information content (AvgIpc) is 3.31. The number of carboxylic acid groups (broad SMARTS) is 1. The second kappa shape index (κ2) is 14.5. The number of aliphatic carboxylic acids is 1. The van der Waals surface area contributed by atoms with Crippen LogP contribution in [-0.4, -0.2) is 68.4 Å². The van der Waals surface area contributed by atoms with Crippen LogP contribution >= 0.6 is 11.3 Å². The van der Waals surface area contributed by atoms with Gasteiger partial charge in [-0.15, -0.1) is 24.5 Å². The minimum atomic E-state index is -4.80. The third kappa shape index (κ3) is 9.10. The molecular formula is C26H28F3N3O7S. The van der Waals surface area contributed by atoms with Gasteiger partial charge in [-0.3, -0.25) is 4.79 Å². The molecule has 0 fully saturated rings. The first kappa shape index (κ1) is 30.7. The summed E-state index contributed by atoms with van der Waals surface area (Å²) in [4.78, 5) is 28.3. The molecule has 0 aliphatic carbocycles. The lowest BCUT2D eigenvalue weighted by Gasteiger charge is -2.12. The first-order chi connectivity index (χ1) is 19.1. The van der Waals surface area contributed by atoms with Crippen LogP contribution in [0.3, 0.4) is 0 Å². The highest BCUT2D eigenvalue weighted by Gasteiger charge is 2.31. The summed E-state index contributed by atoms with van der Waals surface area (Å²) in [5.74, 6) is -1.12. The largest absolute Gasteiger partial charge is 0.573 e. The molecule has 40 heavy (non-hydrogen) atoms. The zero-order valence-electron chi connectivity index (χ0n) is 21.7. The monoisotopic (exact) mass is 583 g/mol. The smallest absolute Gasteiger partial charge is 0.497 e. The van der Waals surface area contributed by atoms with Crippen molar-refractivity contribution < 1.29 is 46.8 Å². The Balaban J connectivity index is 1.84. The van der Waals surface area contributed by atoms with Crippen molar-refractivity contribution >= 4 is 23.2 Å². The van der Waals surface area contributed by atoms with Crippen LogP contribution in [0.5, 0.6) is 17.2 Å². The van der Waals surface area contributed by atoms with Gasteiger partial charge in [0.2, 0.25) is 0 Å². The Morgan fingerprint density at radius 1 is 1.05 bits per heavy atom. The van der Waals surface area contributed by atoms with Gasteiger partial charge in [0, 0.05) is 24.5 Å². The molecule has 0 radical (unpaired) electrons. The number of carboxylic acids is 1. The fourth-order valence-corrected chi connectivity index (χ4v) is 4.54. The summed E-state index contributed by atoms with van der Waals surface area (Å²) < 4.78 is 59.0. The summed E-state index contributed by atoms with van der Waals surface area (Å²) in [6.45, 7) is 1.28. The van der Waals surface area contributed by atoms with Gasteiger partial charge < -0.3 is 33.9 Å². The summed E-state index contributed by atoms with van der Waals surface area (Å²) in [6.07, 6.45) is -4.20. The van der Waals surface area contributed by atoms with Crippen molar-refractivity contribution in [1.29, 1.82) is 0 Å². The highest BCUT2D eigenvalue weighted by Crippen LogP contribution is 2.28. The van der Waals surface area contributed by atoms with Crippen LogP contribution in [0.1, 0.15) is 16.8 Å². The van der Waals surface area contributed by atoms with Crippen LogP contribution in [0.2, 0.25) is 0 Å². The topological polar surface area (TPSA) is 121 Å². The number of nitrogens with one attached hydrogen (secondary N) is 1. The van der Waals surface area contributed by atoms with Gasteiger partial charge in [-0.25, -0.2) is 4.79 Å². The molecule has 0 bridgehead atoms. The van der Waals surface area contributed by atoms with Gasteiger partial charge >= 0.3 is 12.3 Å². The molecule has 14 heteroatoms. The van der Waals surface area contributed by atoms with Crippen molar-refractivity contribution in [3.8, 4) is 28.5 Å². The molecule has 0 aliphatic rings. The summed E-state index contributed by atoms with van der Waals surface area (Å²) in [5, 5.41) is 13.5. The Kier molecular flexibility index (Phi) is 11.1. The molecule has 1 heterocycles. The van der Waals surface area contributed by atoms with Crippen LogP contribution in [0.25, 0.3) is 11.3 Å². The van der Waals surface area contributed by atoms with Gasteiger partial charge in [-0.05, 0) is 54.9 Å².